The molecule has 0 N–H and O–H groups in total. The maximum atomic E-state index is 5.52. The van der Waals surface area contributed by atoms with Gasteiger partial charge in [-0.05, 0) is 32.0 Å². The maximum absolute atomic E-state index is 5.52. The quantitative estimate of drug-likeness (QED) is 0.819. The van der Waals surface area contributed by atoms with Gasteiger partial charge in [0.05, 0.1) is 21.3 Å². The number of rotatable bonds is 5. The lowest BCUT2D eigenvalue weighted by Gasteiger charge is -2.27. The molecule has 4 nitrogen and oxygen atoms in total. The topological polar surface area (TPSA) is 30.9 Å². The van der Waals surface area contributed by atoms with Crippen LogP contribution < -0.4 is 14.2 Å². The smallest absolute Gasteiger partial charge is 0.203 e. The Kier molecular flexibility index (Phi) is 4.91. The van der Waals surface area contributed by atoms with Crippen molar-refractivity contribution in [1.82, 2.24) is 4.90 Å². The average Bonchev–Trinajstić information content (AvgIpc) is 2.47. The first-order valence-corrected chi connectivity index (χ1v) is 6.80. The maximum Gasteiger partial charge on any atom is 0.203 e. The zero-order valence-corrected chi connectivity index (χ0v) is 12.1. The van der Waals surface area contributed by atoms with Gasteiger partial charge in [-0.25, -0.2) is 0 Å². The third-order valence-corrected chi connectivity index (χ3v) is 3.63. The van der Waals surface area contributed by atoms with Crippen LogP contribution >= 0.6 is 0 Å². The first-order valence-electron chi connectivity index (χ1n) is 6.80. The van der Waals surface area contributed by atoms with Crippen molar-refractivity contribution in [3.05, 3.63) is 17.7 Å². The number of hydrogen-bond donors (Lipinski definition) is 0. The number of hydrogen-bond acceptors (Lipinski definition) is 4. The molecule has 1 fully saturated rings. The number of methoxy groups -OCH3 is 3. The molecule has 1 saturated heterocycles. The Hall–Kier alpha value is -1.42. The van der Waals surface area contributed by atoms with Gasteiger partial charge in [-0.1, -0.05) is 12.5 Å². The molecule has 0 aliphatic carbocycles. The molecule has 0 radical (unpaired) electrons. The molecule has 1 aromatic rings. The first kappa shape index (κ1) is 14.0. The van der Waals surface area contributed by atoms with Crippen LogP contribution in [0.4, 0.5) is 0 Å². The minimum Gasteiger partial charge on any atom is -0.493 e. The van der Waals surface area contributed by atoms with Gasteiger partial charge < -0.3 is 14.2 Å². The van der Waals surface area contributed by atoms with Crippen LogP contribution in [0, 0.1) is 0 Å². The molecule has 1 aliphatic rings. The van der Waals surface area contributed by atoms with Crippen LogP contribution in [0.3, 0.4) is 0 Å². The van der Waals surface area contributed by atoms with Crippen molar-refractivity contribution >= 4 is 0 Å². The third-order valence-electron chi connectivity index (χ3n) is 3.63. The van der Waals surface area contributed by atoms with Gasteiger partial charge >= 0.3 is 0 Å². The summed E-state index contributed by atoms with van der Waals surface area (Å²) in [7, 11) is 4.96. The Morgan fingerprint density at radius 3 is 2.16 bits per heavy atom. The van der Waals surface area contributed by atoms with E-state index >= 15 is 0 Å². The lowest BCUT2D eigenvalue weighted by Crippen LogP contribution is -2.29. The highest BCUT2D eigenvalue weighted by Gasteiger charge is 2.18. The van der Waals surface area contributed by atoms with E-state index in [1.165, 1.54) is 19.3 Å². The van der Waals surface area contributed by atoms with Crippen molar-refractivity contribution in [1.29, 1.82) is 0 Å². The zero-order chi connectivity index (χ0) is 13.7. The highest BCUT2D eigenvalue weighted by molar-refractivity contribution is 5.55. The molecule has 4 heteroatoms. The van der Waals surface area contributed by atoms with Gasteiger partial charge in [0, 0.05) is 12.1 Å². The van der Waals surface area contributed by atoms with Crippen LogP contribution in [0.1, 0.15) is 24.8 Å². The van der Waals surface area contributed by atoms with Gasteiger partial charge in [0.2, 0.25) is 5.75 Å². The lowest BCUT2D eigenvalue weighted by atomic mass is 10.1. The fourth-order valence-corrected chi connectivity index (χ4v) is 2.65. The van der Waals surface area contributed by atoms with Crippen molar-refractivity contribution in [2.24, 2.45) is 0 Å². The summed E-state index contributed by atoms with van der Waals surface area (Å²) in [6, 6.07) is 4.01. The molecule has 0 saturated carbocycles. The van der Waals surface area contributed by atoms with E-state index in [0.717, 1.165) is 30.9 Å². The molecule has 0 atom stereocenters. The molecule has 19 heavy (non-hydrogen) atoms. The molecule has 0 amide bonds. The lowest BCUT2D eigenvalue weighted by molar-refractivity contribution is 0.217. The average molecular weight is 265 g/mol. The molecule has 0 spiro atoms. The number of piperidine rings is 1. The first-order chi connectivity index (χ1) is 9.30. The molecule has 1 heterocycles. The van der Waals surface area contributed by atoms with Crippen LogP contribution in [0.5, 0.6) is 17.2 Å². The van der Waals surface area contributed by atoms with E-state index < -0.39 is 0 Å². The molecule has 0 unspecified atom stereocenters. The van der Waals surface area contributed by atoms with Crippen molar-refractivity contribution in [2.45, 2.75) is 25.8 Å². The molecule has 1 aliphatic heterocycles. The second-order valence-corrected chi connectivity index (χ2v) is 4.83. The zero-order valence-electron chi connectivity index (χ0n) is 12.1. The highest BCUT2D eigenvalue weighted by atomic mass is 16.5. The standard InChI is InChI=1S/C15H23NO3/c1-17-13-8-7-12(14(18-2)15(13)19-3)11-16-9-5-4-6-10-16/h7-8H,4-6,9-11H2,1-3H3. The second-order valence-electron chi connectivity index (χ2n) is 4.83. The van der Waals surface area contributed by atoms with Crippen molar-refractivity contribution in [2.75, 3.05) is 34.4 Å². The van der Waals surface area contributed by atoms with E-state index in [-0.39, 0.29) is 0 Å². The summed E-state index contributed by atoms with van der Waals surface area (Å²) in [4.78, 5) is 2.47. The van der Waals surface area contributed by atoms with Gasteiger partial charge in [-0.2, -0.15) is 0 Å². The predicted molar refractivity (Wildman–Crippen MR) is 75.2 cm³/mol. The minimum atomic E-state index is 0.680. The van der Waals surface area contributed by atoms with Crippen LogP contribution in [0.2, 0.25) is 0 Å². The van der Waals surface area contributed by atoms with Gasteiger partial charge in [-0.15, -0.1) is 0 Å². The summed E-state index contributed by atoms with van der Waals surface area (Å²) in [5, 5.41) is 0. The van der Waals surface area contributed by atoms with E-state index in [4.69, 9.17) is 14.2 Å². The van der Waals surface area contributed by atoms with Gasteiger partial charge in [0.15, 0.2) is 11.5 Å². The summed E-state index contributed by atoms with van der Waals surface area (Å²) in [6.45, 7) is 3.23. The van der Waals surface area contributed by atoms with Crippen LogP contribution in [0.15, 0.2) is 12.1 Å². The largest absolute Gasteiger partial charge is 0.493 e. The monoisotopic (exact) mass is 265 g/mol. The Balaban J connectivity index is 2.23. The Morgan fingerprint density at radius 1 is 0.895 bits per heavy atom. The van der Waals surface area contributed by atoms with E-state index in [2.05, 4.69) is 11.0 Å². The molecule has 106 valence electrons. The van der Waals surface area contributed by atoms with Crippen molar-refractivity contribution < 1.29 is 14.2 Å². The van der Waals surface area contributed by atoms with Gasteiger partial charge in [-0.3, -0.25) is 4.90 Å². The predicted octanol–water partition coefficient (Wildman–Crippen LogP) is 2.70. The summed E-state index contributed by atoms with van der Waals surface area (Å²) >= 11 is 0. The number of nitrogens with zero attached hydrogens (tertiary/aromatic N) is 1. The second kappa shape index (κ2) is 6.66. The van der Waals surface area contributed by atoms with Gasteiger partial charge in [0.1, 0.15) is 0 Å². The molecule has 1 aromatic carbocycles. The third kappa shape index (κ3) is 3.13. The Labute approximate surface area is 115 Å². The molecular formula is C15H23NO3. The summed E-state index contributed by atoms with van der Waals surface area (Å²) in [6.07, 6.45) is 3.92. The fraction of sp³-hybridized carbons (Fsp3) is 0.600. The Morgan fingerprint density at radius 2 is 1.58 bits per heavy atom. The van der Waals surface area contributed by atoms with E-state index in [1.54, 1.807) is 21.3 Å². The number of ether oxygens (including phenoxy) is 3. The van der Waals surface area contributed by atoms with E-state index in [0.29, 0.717) is 11.5 Å². The van der Waals surface area contributed by atoms with Crippen LogP contribution in [-0.4, -0.2) is 39.3 Å². The van der Waals surface area contributed by atoms with E-state index in [1.807, 2.05) is 6.07 Å². The van der Waals surface area contributed by atoms with Crippen molar-refractivity contribution in [3.63, 3.8) is 0 Å². The normalized spacial score (nSPS) is 16.2. The SMILES string of the molecule is COc1ccc(CN2CCCCC2)c(OC)c1OC. The van der Waals surface area contributed by atoms with E-state index in [9.17, 15) is 0 Å². The molecule has 2 rings (SSSR count). The highest BCUT2D eigenvalue weighted by Crippen LogP contribution is 2.40. The summed E-state index contributed by atoms with van der Waals surface area (Å²) < 4.78 is 16.2. The summed E-state index contributed by atoms with van der Waals surface area (Å²) in [5.41, 5.74) is 1.15. The van der Waals surface area contributed by atoms with Crippen molar-refractivity contribution in [3.8, 4) is 17.2 Å². The number of likely N-dealkylation sites (tertiary alicyclic amines) is 1. The van der Waals surface area contributed by atoms with Crippen LogP contribution in [-0.2, 0) is 6.54 Å². The van der Waals surface area contributed by atoms with Crippen LogP contribution in [0.25, 0.3) is 0 Å². The summed E-state index contributed by atoms with van der Waals surface area (Å²) in [5.74, 6) is 2.17. The number of benzene rings is 1. The molecule has 0 bridgehead atoms. The fourth-order valence-electron chi connectivity index (χ4n) is 2.65. The molecular weight excluding hydrogens is 242 g/mol. The minimum absolute atomic E-state index is 0.680. The Bertz CT molecular complexity index is 414. The molecule has 0 aromatic heterocycles. The van der Waals surface area contributed by atoms with Gasteiger partial charge in [0.25, 0.3) is 0 Å².